The maximum Gasteiger partial charge on any atom is 0.244 e. The number of hydrogen-bond acceptors (Lipinski definition) is 3. The zero-order chi connectivity index (χ0) is 12.4. The quantitative estimate of drug-likeness (QED) is 0.929. The van der Waals surface area contributed by atoms with E-state index >= 15 is 0 Å². The Morgan fingerprint density at radius 3 is 2.88 bits per heavy atom. The fraction of sp³-hybridized carbons (Fsp3) is 0.417. The van der Waals surface area contributed by atoms with E-state index in [-0.39, 0.29) is 11.9 Å². The van der Waals surface area contributed by atoms with E-state index in [0.717, 1.165) is 28.9 Å². The van der Waals surface area contributed by atoms with Gasteiger partial charge in [0.15, 0.2) is 0 Å². The van der Waals surface area contributed by atoms with Crippen LogP contribution in [-0.4, -0.2) is 37.6 Å². The molecule has 1 aliphatic heterocycles. The van der Waals surface area contributed by atoms with Crippen LogP contribution in [0.25, 0.3) is 0 Å². The molecule has 1 aromatic carbocycles. The molecule has 1 N–H and O–H groups in total. The molecule has 4 nitrogen and oxygen atoms in total. The first-order valence-electron chi connectivity index (χ1n) is 5.47. The van der Waals surface area contributed by atoms with Crippen LogP contribution in [0.5, 0.6) is 5.75 Å². The van der Waals surface area contributed by atoms with Gasteiger partial charge >= 0.3 is 0 Å². The van der Waals surface area contributed by atoms with E-state index in [2.05, 4.69) is 21.2 Å². The average molecular weight is 299 g/mol. The summed E-state index contributed by atoms with van der Waals surface area (Å²) >= 11 is 3.40. The van der Waals surface area contributed by atoms with Crippen LogP contribution in [0.4, 0.5) is 5.69 Å². The van der Waals surface area contributed by atoms with Crippen molar-refractivity contribution in [3.8, 4) is 5.75 Å². The van der Waals surface area contributed by atoms with Gasteiger partial charge in [0.05, 0.1) is 11.6 Å². The zero-order valence-electron chi connectivity index (χ0n) is 9.87. The fourth-order valence-electron chi connectivity index (χ4n) is 1.91. The molecule has 1 fully saturated rings. The molecule has 2 rings (SSSR count). The number of carbonyl (C=O) groups excluding carboxylic acids is 1. The van der Waals surface area contributed by atoms with Gasteiger partial charge in [0.1, 0.15) is 11.8 Å². The van der Waals surface area contributed by atoms with Crippen molar-refractivity contribution < 1.29 is 9.53 Å². The molecule has 1 amide bonds. The number of carbonyl (C=O) groups is 1. The molecular weight excluding hydrogens is 284 g/mol. The van der Waals surface area contributed by atoms with Crippen molar-refractivity contribution in [3.05, 3.63) is 22.7 Å². The minimum atomic E-state index is -0.120. The van der Waals surface area contributed by atoms with Crippen molar-refractivity contribution in [2.75, 3.05) is 26.0 Å². The SMILES string of the molecule is COc1cc(NC2CCN(C)C2=O)ccc1Br. The number of methoxy groups -OCH3 is 1. The van der Waals surface area contributed by atoms with Gasteiger partial charge < -0.3 is 15.0 Å². The Hall–Kier alpha value is -1.23. The molecule has 0 spiro atoms. The topological polar surface area (TPSA) is 41.6 Å². The molecule has 0 aromatic heterocycles. The Kier molecular flexibility index (Phi) is 3.57. The lowest BCUT2D eigenvalue weighted by atomic mass is 10.2. The van der Waals surface area contributed by atoms with Crippen LogP contribution in [0.15, 0.2) is 22.7 Å². The summed E-state index contributed by atoms with van der Waals surface area (Å²) in [6, 6.07) is 5.60. The summed E-state index contributed by atoms with van der Waals surface area (Å²) in [5.41, 5.74) is 0.902. The van der Waals surface area contributed by atoms with Gasteiger partial charge in [-0.25, -0.2) is 0 Å². The number of nitrogens with one attached hydrogen (secondary N) is 1. The number of benzene rings is 1. The molecule has 0 radical (unpaired) electrons. The highest BCUT2D eigenvalue weighted by molar-refractivity contribution is 9.10. The maximum absolute atomic E-state index is 11.8. The number of amides is 1. The predicted octanol–water partition coefficient (Wildman–Crippen LogP) is 2.10. The third-order valence-electron chi connectivity index (χ3n) is 2.92. The first kappa shape index (κ1) is 12.2. The Morgan fingerprint density at radius 1 is 1.53 bits per heavy atom. The van der Waals surface area contributed by atoms with Gasteiger partial charge in [0, 0.05) is 25.3 Å². The van der Waals surface area contributed by atoms with Crippen molar-refractivity contribution in [1.82, 2.24) is 4.90 Å². The monoisotopic (exact) mass is 298 g/mol. The normalized spacial score (nSPS) is 19.6. The summed E-state index contributed by atoms with van der Waals surface area (Å²) in [6.45, 7) is 0.810. The van der Waals surface area contributed by atoms with Gasteiger partial charge in [0.25, 0.3) is 0 Å². The fourth-order valence-corrected chi connectivity index (χ4v) is 2.32. The molecule has 17 heavy (non-hydrogen) atoms. The minimum absolute atomic E-state index is 0.120. The molecular formula is C12H15BrN2O2. The van der Waals surface area contributed by atoms with Crippen molar-refractivity contribution in [2.45, 2.75) is 12.5 Å². The first-order valence-corrected chi connectivity index (χ1v) is 6.26. The highest BCUT2D eigenvalue weighted by Crippen LogP contribution is 2.28. The number of likely N-dealkylation sites (N-methyl/N-ethyl adjacent to an activating group) is 1. The van der Waals surface area contributed by atoms with Gasteiger partial charge in [-0.2, -0.15) is 0 Å². The number of likely N-dealkylation sites (tertiary alicyclic amines) is 1. The third kappa shape index (κ3) is 2.54. The Balaban J connectivity index is 2.11. The number of halogens is 1. The largest absolute Gasteiger partial charge is 0.495 e. The van der Waals surface area contributed by atoms with Crippen molar-refractivity contribution in [3.63, 3.8) is 0 Å². The Bertz CT molecular complexity index is 437. The Morgan fingerprint density at radius 2 is 2.29 bits per heavy atom. The second-order valence-corrected chi connectivity index (χ2v) is 4.95. The molecule has 5 heteroatoms. The average Bonchev–Trinajstić information content (AvgIpc) is 2.63. The van der Waals surface area contributed by atoms with Crippen LogP contribution in [0.2, 0.25) is 0 Å². The molecule has 1 heterocycles. The second-order valence-electron chi connectivity index (χ2n) is 4.09. The summed E-state index contributed by atoms with van der Waals surface area (Å²) in [5.74, 6) is 0.903. The van der Waals surface area contributed by atoms with E-state index in [9.17, 15) is 4.79 Å². The first-order chi connectivity index (χ1) is 8.11. The van der Waals surface area contributed by atoms with Gasteiger partial charge in [-0.15, -0.1) is 0 Å². The zero-order valence-corrected chi connectivity index (χ0v) is 11.5. The molecule has 1 unspecified atom stereocenters. The molecule has 0 saturated carbocycles. The number of anilines is 1. The lowest BCUT2D eigenvalue weighted by molar-refractivity contribution is -0.127. The van der Waals surface area contributed by atoms with Gasteiger partial charge in [-0.3, -0.25) is 4.79 Å². The van der Waals surface area contributed by atoms with Crippen LogP contribution in [0.3, 0.4) is 0 Å². The summed E-state index contributed by atoms with van der Waals surface area (Å²) in [5, 5.41) is 3.23. The number of nitrogens with zero attached hydrogens (tertiary/aromatic N) is 1. The van der Waals surface area contributed by atoms with Crippen molar-refractivity contribution in [1.29, 1.82) is 0 Å². The van der Waals surface area contributed by atoms with Gasteiger partial charge in [0.2, 0.25) is 5.91 Å². The summed E-state index contributed by atoms with van der Waals surface area (Å²) in [4.78, 5) is 13.5. The Labute approximate surface area is 109 Å². The number of hydrogen-bond donors (Lipinski definition) is 1. The number of rotatable bonds is 3. The van der Waals surface area contributed by atoms with E-state index in [0.29, 0.717) is 0 Å². The second kappa shape index (κ2) is 4.96. The standard InChI is InChI=1S/C12H15BrN2O2/c1-15-6-5-10(12(15)16)14-8-3-4-9(13)11(7-8)17-2/h3-4,7,10,14H,5-6H2,1-2H3. The molecule has 1 saturated heterocycles. The van der Waals surface area contributed by atoms with Crippen LogP contribution in [0.1, 0.15) is 6.42 Å². The molecule has 1 aliphatic rings. The molecule has 0 bridgehead atoms. The third-order valence-corrected chi connectivity index (χ3v) is 3.57. The summed E-state index contributed by atoms with van der Waals surface area (Å²) < 4.78 is 6.12. The molecule has 0 aliphatic carbocycles. The van der Waals surface area contributed by atoms with E-state index in [1.807, 2.05) is 25.2 Å². The minimum Gasteiger partial charge on any atom is -0.495 e. The van der Waals surface area contributed by atoms with Crippen LogP contribution in [0, 0.1) is 0 Å². The van der Waals surface area contributed by atoms with Crippen LogP contribution >= 0.6 is 15.9 Å². The van der Waals surface area contributed by atoms with Crippen molar-refractivity contribution >= 4 is 27.5 Å². The predicted molar refractivity (Wildman–Crippen MR) is 70.4 cm³/mol. The maximum atomic E-state index is 11.8. The van der Waals surface area contributed by atoms with Gasteiger partial charge in [-0.05, 0) is 34.5 Å². The lowest BCUT2D eigenvalue weighted by Crippen LogP contribution is -2.30. The smallest absolute Gasteiger partial charge is 0.244 e. The van der Waals surface area contributed by atoms with Crippen molar-refractivity contribution in [2.24, 2.45) is 0 Å². The molecule has 1 aromatic rings. The van der Waals surface area contributed by atoms with Gasteiger partial charge in [-0.1, -0.05) is 0 Å². The summed E-state index contributed by atoms with van der Waals surface area (Å²) in [6.07, 6.45) is 0.841. The van der Waals surface area contributed by atoms with E-state index < -0.39 is 0 Å². The molecule has 92 valence electrons. The lowest BCUT2D eigenvalue weighted by Gasteiger charge is -2.14. The summed E-state index contributed by atoms with van der Waals surface area (Å²) in [7, 11) is 3.45. The van der Waals surface area contributed by atoms with Crippen LogP contribution < -0.4 is 10.1 Å². The number of ether oxygens (including phenoxy) is 1. The van der Waals surface area contributed by atoms with Crippen LogP contribution in [-0.2, 0) is 4.79 Å². The highest BCUT2D eigenvalue weighted by Gasteiger charge is 2.28. The van der Waals surface area contributed by atoms with E-state index in [4.69, 9.17) is 4.74 Å². The highest BCUT2D eigenvalue weighted by atomic mass is 79.9. The molecule has 1 atom stereocenters. The van der Waals surface area contributed by atoms with E-state index in [1.54, 1.807) is 12.0 Å². The van der Waals surface area contributed by atoms with E-state index in [1.165, 1.54) is 0 Å².